The van der Waals surface area contributed by atoms with Gasteiger partial charge in [-0.05, 0) is 25.7 Å². The van der Waals surface area contributed by atoms with Crippen LogP contribution >= 0.6 is 0 Å². The molecule has 1 atom stereocenters. The van der Waals surface area contributed by atoms with E-state index in [1.165, 1.54) is 0 Å². The Hall–Kier alpha value is -3.04. The topological polar surface area (TPSA) is 82.6 Å². The van der Waals surface area contributed by atoms with E-state index in [2.05, 4.69) is 20.3 Å². The molecule has 1 fully saturated rings. The monoisotopic (exact) mass is 445 g/mol. The Bertz CT molecular complexity index is 1140. The number of anilines is 1. The number of aromatic nitrogens is 6. The molecule has 10 heteroatoms. The molecule has 8 nitrogen and oxygen atoms in total. The molecule has 0 saturated heterocycles. The summed E-state index contributed by atoms with van der Waals surface area (Å²) in [6.07, 6.45) is 7.75. The average Bonchev–Trinajstić information content (AvgIpc) is 3.34. The van der Waals surface area contributed by atoms with Crippen molar-refractivity contribution >= 4 is 5.95 Å². The number of hydrogen-bond acceptors (Lipinski definition) is 5. The molecule has 1 aliphatic rings. The highest BCUT2D eigenvalue weighted by Crippen LogP contribution is 2.38. The first-order valence-corrected chi connectivity index (χ1v) is 10.9. The summed E-state index contributed by atoms with van der Waals surface area (Å²) >= 11 is 0. The van der Waals surface area contributed by atoms with Crippen molar-refractivity contribution in [3.05, 3.63) is 52.9 Å². The fourth-order valence-corrected chi connectivity index (χ4v) is 4.13. The Balaban J connectivity index is 1.51. The van der Waals surface area contributed by atoms with Crippen LogP contribution in [-0.4, -0.2) is 34.6 Å². The van der Waals surface area contributed by atoms with Crippen LogP contribution in [0, 0.1) is 0 Å². The zero-order chi connectivity index (χ0) is 23.0. The first-order chi connectivity index (χ1) is 15.1. The number of halogens is 2. The number of rotatable bonds is 6. The van der Waals surface area contributed by atoms with Gasteiger partial charge < -0.3 is 14.5 Å². The molecule has 32 heavy (non-hydrogen) atoms. The van der Waals surface area contributed by atoms with E-state index in [9.17, 15) is 13.6 Å². The van der Waals surface area contributed by atoms with Gasteiger partial charge in [-0.15, -0.1) is 0 Å². The smallest absolute Gasteiger partial charge is 0.333 e. The Kier molecular flexibility index (Phi) is 5.87. The molecule has 172 valence electrons. The molecule has 0 aromatic carbocycles. The highest BCUT2D eigenvalue weighted by Gasteiger charge is 2.35. The molecule has 3 aromatic heterocycles. The van der Waals surface area contributed by atoms with Gasteiger partial charge in [0.05, 0.1) is 18.1 Å². The summed E-state index contributed by atoms with van der Waals surface area (Å²) in [4.78, 5) is 25.9. The molecule has 1 N–H and O–H groups in total. The van der Waals surface area contributed by atoms with Gasteiger partial charge in [0.2, 0.25) is 11.9 Å². The summed E-state index contributed by atoms with van der Waals surface area (Å²) in [5.74, 6) is -1.52. The third kappa shape index (κ3) is 4.44. The Morgan fingerprint density at radius 2 is 1.88 bits per heavy atom. The lowest BCUT2D eigenvalue weighted by Crippen LogP contribution is -2.25. The molecule has 0 aliphatic heterocycles. The number of aryl methyl sites for hydroxylation is 1. The van der Waals surface area contributed by atoms with Crippen molar-refractivity contribution < 1.29 is 8.78 Å². The fraction of sp³-hybridized carbons (Fsp3) is 0.545. The SMILES string of the molecule is CC(C)c1cn(C)c(=O)n1-c1ccnc(N[C@@H](C)c2cn(C3CCC(F)(F)CC3)cn2)n1. The van der Waals surface area contributed by atoms with Crippen molar-refractivity contribution in [3.8, 4) is 5.82 Å². The first-order valence-electron chi connectivity index (χ1n) is 10.9. The maximum atomic E-state index is 13.4. The lowest BCUT2D eigenvalue weighted by atomic mass is 9.92. The number of imidazole rings is 2. The van der Waals surface area contributed by atoms with Gasteiger partial charge >= 0.3 is 5.69 Å². The number of nitrogens with one attached hydrogen (secondary N) is 1. The molecule has 0 radical (unpaired) electrons. The predicted octanol–water partition coefficient (Wildman–Crippen LogP) is 4.21. The molecule has 0 amide bonds. The van der Waals surface area contributed by atoms with Crippen molar-refractivity contribution in [2.75, 3.05) is 5.32 Å². The van der Waals surface area contributed by atoms with Crippen LogP contribution in [0.3, 0.4) is 0 Å². The zero-order valence-electron chi connectivity index (χ0n) is 18.8. The summed E-state index contributed by atoms with van der Waals surface area (Å²) in [5.41, 5.74) is 1.48. The fourth-order valence-electron chi connectivity index (χ4n) is 4.13. The van der Waals surface area contributed by atoms with Crippen LogP contribution < -0.4 is 11.0 Å². The molecule has 1 aliphatic carbocycles. The molecule has 3 heterocycles. The van der Waals surface area contributed by atoms with Gasteiger partial charge in [-0.1, -0.05) is 13.8 Å². The maximum Gasteiger partial charge on any atom is 0.333 e. The maximum absolute atomic E-state index is 13.4. The van der Waals surface area contributed by atoms with E-state index in [1.54, 1.807) is 34.8 Å². The highest BCUT2D eigenvalue weighted by molar-refractivity contribution is 5.35. The van der Waals surface area contributed by atoms with E-state index >= 15 is 0 Å². The van der Waals surface area contributed by atoms with E-state index in [0.717, 1.165) is 11.4 Å². The van der Waals surface area contributed by atoms with Gasteiger partial charge in [-0.25, -0.2) is 28.1 Å². The Labute approximate surface area is 185 Å². The molecule has 0 spiro atoms. The minimum atomic E-state index is -2.55. The van der Waals surface area contributed by atoms with Crippen LogP contribution in [0.2, 0.25) is 0 Å². The van der Waals surface area contributed by atoms with Gasteiger partial charge in [-0.3, -0.25) is 0 Å². The first kappa shape index (κ1) is 22.2. The van der Waals surface area contributed by atoms with E-state index < -0.39 is 5.92 Å². The van der Waals surface area contributed by atoms with Crippen LogP contribution in [0.1, 0.15) is 75.8 Å². The van der Waals surface area contributed by atoms with Crippen molar-refractivity contribution in [2.24, 2.45) is 7.05 Å². The molecule has 4 rings (SSSR count). The lowest BCUT2D eigenvalue weighted by Gasteiger charge is -2.28. The van der Waals surface area contributed by atoms with Crippen LogP contribution in [0.15, 0.2) is 35.8 Å². The summed E-state index contributed by atoms with van der Waals surface area (Å²) in [5, 5.41) is 3.23. The zero-order valence-corrected chi connectivity index (χ0v) is 18.8. The summed E-state index contributed by atoms with van der Waals surface area (Å²) in [6, 6.07) is 1.55. The van der Waals surface area contributed by atoms with E-state index in [-0.39, 0.29) is 36.5 Å². The number of hydrogen-bond donors (Lipinski definition) is 1. The summed E-state index contributed by atoms with van der Waals surface area (Å²) < 4.78 is 32.0. The number of alkyl halides is 2. The second-order valence-corrected chi connectivity index (χ2v) is 8.87. The summed E-state index contributed by atoms with van der Waals surface area (Å²) in [7, 11) is 1.72. The molecule has 0 bridgehead atoms. The second kappa shape index (κ2) is 8.48. The standard InChI is InChI=1S/C22H29F2N7O/c1-14(2)18-12-29(4)21(32)31(18)19-7-10-25-20(28-19)27-15(3)17-11-30(13-26-17)16-5-8-22(23,24)9-6-16/h7,10-16H,5-6,8-9H2,1-4H3,(H,25,27,28)/t15-/m0/s1. The molecule has 0 unspecified atom stereocenters. The largest absolute Gasteiger partial charge is 0.346 e. The summed E-state index contributed by atoms with van der Waals surface area (Å²) in [6.45, 7) is 5.99. The highest BCUT2D eigenvalue weighted by atomic mass is 19.3. The van der Waals surface area contributed by atoms with Crippen molar-refractivity contribution in [1.82, 2.24) is 28.7 Å². The molecule has 1 saturated carbocycles. The minimum absolute atomic E-state index is 0.0436. The molecule has 3 aromatic rings. The van der Waals surface area contributed by atoms with Gasteiger partial charge in [-0.2, -0.15) is 4.98 Å². The van der Waals surface area contributed by atoms with Crippen molar-refractivity contribution in [2.45, 2.75) is 70.4 Å². The van der Waals surface area contributed by atoms with Gasteiger partial charge in [0, 0.05) is 56.3 Å². The van der Waals surface area contributed by atoms with Gasteiger partial charge in [0.15, 0.2) is 0 Å². The lowest BCUT2D eigenvalue weighted by molar-refractivity contribution is -0.0439. The quantitative estimate of drug-likeness (QED) is 0.615. The van der Waals surface area contributed by atoms with Gasteiger partial charge in [0.25, 0.3) is 0 Å². The molecular formula is C22H29F2N7O. The third-order valence-electron chi connectivity index (χ3n) is 6.06. The number of nitrogens with zero attached hydrogens (tertiary/aromatic N) is 6. The third-order valence-corrected chi connectivity index (χ3v) is 6.06. The van der Waals surface area contributed by atoms with Crippen molar-refractivity contribution in [1.29, 1.82) is 0 Å². The van der Waals surface area contributed by atoms with Gasteiger partial charge in [0.1, 0.15) is 5.82 Å². The van der Waals surface area contributed by atoms with E-state index in [1.807, 2.05) is 37.7 Å². The van der Waals surface area contributed by atoms with Crippen LogP contribution in [-0.2, 0) is 7.05 Å². The second-order valence-electron chi connectivity index (χ2n) is 8.87. The van der Waals surface area contributed by atoms with Crippen LogP contribution in [0.25, 0.3) is 5.82 Å². The predicted molar refractivity (Wildman–Crippen MR) is 117 cm³/mol. The average molecular weight is 446 g/mol. The Morgan fingerprint density at radius 3 is 2.56 bits per heavy atom. The van der Waals surface area contributed by atoms with Crippen molar-refractivity contribution in [3.63, 3.8) is 0 Å². The van der Waals surface area contributed by atoms with E-state index in [4.69, 9.17) is 0 Å². The van der Waals surface area contributed by atoms with Crippen LogP contribution in [0.4, 0.5) is 14.7 Å². The minimum Gasteiger partial charge on any atom is -0.346 e. The van der Waals surface area contributed by atoms with E-state index in [0.29, 0.717) is 24.6 Å². The Morgan fingerprint density at radius 1 is 1.16 bits per heavy atom. The molecular weight excluding hydrogens is 416 g/mol. The normalized spacial score (nSPS) is 17.6. The van der Waals surface area contributed by atoms with Crippen LogP contribution in [0.5, 0.6) is 0 Å².